The van der Waals surface area contributed by atoms with Gasteiger partial charge in [-0.3, -0.25) is 4.98 Å². The van der Waals surface area contributed by atoms with Crippen LogP contribution >= 0.6 is 0 Å². The van der Waals surface area contributed by atoms with Gasteiger partial charge in [0.05, 0.1) is 11.8 Å². The minimum Gasteiger partial charge on any atom is -0.478 e. The second-order valence-electron chi connectivity index (χ2n) is 3.46. The Kier molecular flexibility index (Phi) is 2.74. The molecule has 17 heavy (non-hydrogen) atoms. The summed E-state index contributed by atoms with van der Waals surface area (Å²) in [5, 5.41) is 8.82. The summed E-state index contributed by atoms with van der Waals surface area (Å²) in [7, 11) is 0. The lowest BCUT2D eigenvalue weighted by molar-refractivity contribution is 0.0698. The van der Waals surface area contributed by atoms with Gasteiger partial charge in [-0.1, -0.05) is 6.07 Å². The Labute approximate surface area is 96.5 Å². The number of pyridine rings is 1. The van der Waals surface area contributed by atoms with Crippen molar-refractivity contribution >= 4 is 11.7 Å². The highest BCUT2D eigenvalue weighted by atomic mass is 19.1. The van der Waals surface area contributed by atoms with Crippen molar-refractivity contribution in [3.05, 3.63) is 48.0 Å². The zero-order chi connectivity index (χ0) is 12.4. The van der Waals surface area contributed by atoms with E-state index in [-0.39, 0.29) is 11.3 Å². The molecule has 0 saturated heterocycles. The highest BCUT2D eigenvalue weighted by Crippen LogP contribution is 2.25. The van der Waals surface area contributed by atoms with E-state index in [0.717, 1.165) is 6.20 Å². The lowest BCUT2D eigenvalue weighted by atomic mass is 10.0. The molecule has 0 aliphatic heterocycles. The normalized spacial score (nSPS) is 10.2. The monoisotopic (exact) mass is 232 g/mol. The summed E-state index contributed by atoms with van der Waals surface area (Å²) in [4.78, 5) is 14.4. The van der Waals surface area contributed by atoms with Crippen LogP contribution in [0.15, 0.2) is 36.7 Å². The molecular weight excluding hydrogens is 223 g/mol. The van der Waals surface area contributed by atoms with Gasteiger partial charge < -0.3 is 10.8 Å². The average molecular weight is 232 g/mol. The number of aromatic carboxylic acids is 1. The number of nitrogens with zero attached hydrogens (tertiary/aromatic N) is 1. The maximum Gasteiger partial charge on any atom is 0.337 e. The molecule has 0 bridgehead atoms. The van der Waals surface area contributed by atoms with Gasteiger partial charge in [0.2, 0.25) is 0 Å². The minimum absolute atomic E-state index is 0.00298. The summed E-state index contributed by atoms with van der Waals surface area (Å²) in [5.74, 6) is -1.58. The van der Waals surface area contributed by atoms with Gasteiger partial charge in [0, 0.05) is 17.4 Å². The molecule has 0 unspecified atom stereocenters. The molecule has 1 heterocycles. The molecule has 0 aliphatic rings. The number of hydrogen-bond donors (Lipinski definition) is 2. The summed E-state index contributed by atoms with van der Waals surface area (Å²) in [5.41, 5.74) is 6.55. The third kappa shape index (κ3) is 2.08. The minimum atomic E-state index is -1.11. The summed E-state index contributed by atoms with van der Waals surface area (Å²) < 4.78 is 13.4. The van der Waals surface area contributed by atoms with E-state index in [1.54, 1.807) is 0 Å². The number of carbonyl (C=O) groups is 1. The van der Waals surface area contributed by atoms with E-state index in [0.29, 0.717) is 11.1 Å². The fraction of sp³-hybridized carbons (Fsp3) is 0. The van der Waals surface area contributed by atoms with E-state index in [2.05, 4.69) is 4.98 Å². The molecule has 1 aromatic heterocycles. The molecule has 0 atom stereocenters. The molecule has 0 amide bonds. The van der Waals surface area contributed by atoms with Crippen molar-refractivity contribution in [1.82, 2.24) is 4.98 Å². The Hall–Kier alpha value is -2.43. The van der Waals surface area contributed by atoms with Crippen LogP contribution in [0.2, 0.25) is 0 Å². The number of anilines is 1. The van der Waals surface area contributed by atoms with E-state index in [1.807, 2.05) is 0 Å². The van der Waals surface area contributed by atoms with Gasteiger partial charge in [0.15, 0.2) is 0 Å². The van der Waals surface area contributed by atoms with E-state index >= 15 is 0 Å². The van der Waals surface area contributed by atoms with Crippen molar-refractivity contribution in [1.29, 1.82) is 0 Å². The van der Waals surface area contributed by atoms with Crippen molar-refractivity contribution in [2.75, 3.05) is 5.73 Å². The van der Waals surface area contributed by atoms with Crippen LogP contribution in [-0.2, 0) is 0 Å². The van der Waals surface area contributed by atoms with Crippen LogP contribution in [-0.4, -0.2) is 16.1 Å². The first-order valence-electron chi connectivity index (χ1n) is 4.82. The van der Waals surface area contributed by atoms with E-state index < -0.39 is 11.8 Å². The quantitative estimate of drug-likeness (QED) is 0.778. The third-order valence-corrected chi connectivity index (χ3v) is 2.37. The first-order chi connectivity index (χ1) is 8.09. The van der Waals surface area contributed by atoms with Crippen LogP contribution in [0, 0.1) is 5.82 Å². The Morgan fingerprint density at radius 1 is 1.35 bits per heavy atom. The largest absolute Gasteiger partial charge is 0.478 e. The van der Waals surface area contributed by atoms with Crippen LogP contribution in [0.1, 0.15) is 10.4 Å². The number of rotatable bonds is 2. The van der Waals surface area contributed by atoms with Gasteiger partial charge in [-0.05, 0) is 23.8 Å². The molecule has 1 aromatic carbocycles. The molecule has 0 saturated carbocycles. The van der Waals surface area contributed by atoms with Crippen LogP contribution in [0.25, 0.3) is 11.1 Å². The van der Waals surface area contributed by atoms with Crippen molar-refractivity contribution in [3.63, 3.8) is 0 Å². The number of carboxylic acid groups (broad SMARTS) is 1. The van der Waals surface area contributed by atoms with Crippen molar-refractivity contribution in [2.45, 2.75) is 0 Å². The fourth-order valence-corrected chi connectivity index (χ4v) is 1.53. The molecule has 3 N–H and O–H groups in total. The van der Waals surface area contributed by atoms with Crippen molar-refractivity contribution < 1.29 is 14.3 Å². The summed E-state index contributed by atoms with van der Waals surface area (Å²) in [6, 6.07) is 5.80. The molecule has 4 nitrogen and oxygen atoms in total. The number of halogens is 1. The number of benzene rings is 1. The molecule has 0 spiro atoms. The van der Waals surface area contributed by atoms with Gasteiger partial charge in [0.25, 0.3) is 0 Å². The maximum atomic E-state index is 13.4. The summed E-state index contributed by atoms with van der Waals surface area (Å²) >= 11 is 0. The standard InChI is InChI=1S/C12H9FN2O2/c13-10-6-15-4-3-8(10)7-1-2-9(12(16)17)11(14)5-7/h1-6H,14H2,(H,16,17). The molecule has 2 rings (SSSR count). The highest BCUT2D eigenvalue weighted by molar-refractivity contribution is 5.94. The lowest BCUT2D eigenvalue weighted by Crippen LogP contribution is -2.02. The molecule has 86 valence electrons. The van der Waals surface area contributed by atoms with Gasteiger partial charge in [-0.15, -0.1) is 0 Å². The van der Waals surface area contributed by atoms with Crippen molar-refractivity contribution in [3.8, 4) is 11.1 Å². The molecule has 0 aliphatic carbocycles. The summed E-state index contributed by atoms with van der Waals surface area (Å²) in [6.07, 6.45) is 2.55. The predicted molar refractivity (Wildman–Crippen MR) is 61.0 cm³/mol. The molecular formula is C12H9FN2O2. The number of aromatic nitrogens is 1. The first-order valence-corrected chi connectivity index (χ1v) is 4.82. The number of carboxylic acids is 1. The van der Waals surface area contributed by atoms with Crippen LogP contribution in [0.3, 0.4) is 0 Å². The van der Waals surface area contributed by atoms with E-state index in [9.17, 15) is 9.18 Å². The topological polar surface area (TPSA) is 76.2 Å². The van der Waals surface area contributed by atoms with Gasteiger partial charge in [-0.25, -0.2) is 9.18 Å². The third-order valence-electron chi connectivity index (χ3n) is 2.37. The number of nitrogens with two attached hydrogens (primary N) is 1. The highest BCUT2D eigenvalue weighted by Gasteiger charge is 2.10. The lowest BCUT2D eigenvalue weighted by Gasteiger charge is -2.06. The van der Waals surface area contributed by atoms with Gasteiger partial charge in [0.1, 0.15) is 5.82 Å². The zero-order valence-electron chi connectivity index (χ0n) is 8.72. The Morgan fingerprint density at radius 2 is 2.12 bits per heavy atom. The number of hydrogen-bond acceptors (Lipinski definition) is 3. The second kappa shape index (κ2) is 4.21. The van der Waals surface area contributed by atoms with Gasteiger partial charge >= 0.3 is 5.97 Å². The Balaban J connectivity index is 2.52. The molecule has 5 heteroatoms. The molecule has 0 fully saturated rings. The number of nitrogen functional groups attached to an aromatic ring is 1. The average Bonchev–Trinajstić information content (AvgIpc) is 2.29. The van der Waals surface area contributed by atoms with Crippen LogP contribution in [0.4, 0.5) is 10.1 Å². The van der Waals surface area contributed by atoms with E-state index in [4.69, 9.17) is 10.8 Å². The zero-order valence-corrected chi connectivity index (χ0v) is 8.72. The molecule has 2 aromatic rings. The van der Waals surface area contributed by atoms with Crippen LogP contribution < -0.4 is 5.73 Å². The van der Waals surface area contributed by atoms with E-state index in [1.165, 1.54) is 30.5 Å². The van der Waals surface area contributed by atoms with Crippen molar-refractivity contribution in [2.24, 2.45) is 0 Å². The van der Waals surface area contributed by atoms with Gasteiger partial charge in [-0.2, -0.15) is 0 Å². The fourth-order valence-electron chi connectivity index (χ4n) is 1.53. The Morgan fingerprint density at radius 3 is 2.71 bits per heavy atom. The second-order valence-corrected chi connectivity index (χ2v) is 3.46. The maximum absolute atomic E-state index is 13.4. The SMILES string of the molecule is Nc1cc(-c2ccncc2F)ccc1C(=O)O. The Bertz CT molecular complexity index is 584. The summed E-state index contributed by atoms with van der Waals surface area (Å²) in [6.45, 7) is 0. The van der Waals surface area contributed by atoms with Crippen LogP contribution in [0.5, 0.6) is 0 Å². The predicted octanol–water partition coefficient (Wildman–Crippen LogP) is 2.17. The smallest absolute Gasteiger partial charge is 0.337 e. The molecule has 0 radical (unpaired) electrons. The first kappa shape index (κ1) is 11.1.